The zero-order chi connectivity index (χ0) is 14.9. The van der Waals surface area contributed by atoms with Gasteiger partial charge in [0, 0.05) is 19.6 Å². The van der Waals surface area contributed by atoms with Gasteiger partial charge in [-0.25, -0.2) is 8.42 Å². The topological polar surface area (TPSA) is 83.6 Å². The van der Waals surface area contributed by atoms with Gasteiger partial charge in [0.15, 0.2) is 0 Å². The number of sulfonamides is 1. The molecule has 0 aliphatic carbocycles. The Morgan fingerprint density at radius 1 is 1.50 bits per heavy atom. The molecule has 1 aromatic rings. The van der Waals surface area contributed by atoms with E-state index in [1.54, 1.807) is 12.1 Å². The van der Waals surface area contributed by atoms with Gasteiger partial charge in [0.1, 0.15) is 4.90 Å². The van der Waals surface area contributed by atoms with Gasteiger partial charge in [0.25, 0.3) is 0 Å². The van der Waals surface area contributed by atoms with Crippen molar-refractivity contribution in [3.8, 4) is 0 Å². The minimum absolute atomic E-state index is 0.0677. The maximum atomic E-state index is 12.6. The highest BCUT2D eigenvalue weighted by Crippen LogP contribution is 2.28. The molecule has 1 fully saturated rings. The van der Waals surface area contributed by atoms with Crippen molar-refractivity contribution in [3.05, 3.63) is 28.8 Å². The lowest BCUT2D eigenvalue weighted by atomic mass is 9.98. The van der Waals surface area contributed by atoms with Gasteiger partial charge >= 0.3 is 0 Å². The van der Waals surface area contributed by atoms with Crippen LogP contribution < -0.4 is 5.73 Å². The van der Waals surface area contributed by atoms with Crippen molar-refractivity contribution in [3.63, 3.8) is 0 Å². The standard InChI is InChI=1S/C13H19ClN2O3S/c1-9-4-5-16(8-12(9)17)20(18,19)13-3-2-10(7-15)6-11(13)14/h2-3,6,9,12,17H,4-5,7-8,15H2,1H3. The van der Waals surface area contributed by atoms with E-state index in [-0.39, 0.29) is 22.4 Å². The van der Waals surface area contributed by atoms with Gasteiger partial charge in [0.2, 0.25) is 10.0 Å². The Morgan fingerprint density at radius 2 is 2.20 bits per heavy atom. The number of hydrogen-bond acceptors (Lipinski definition) is 4. The maximum Gasteiger partial charge on any atom is 0.244 e. The minimum Gasteiger partial charge on any atom is -0.391 e. The number of aliphatic hydroxyl groups excluding tert-OH is 1. The van der Waals surface area contributed by atoms with Crippen molar-refractivity contribution in [1.82, 2.24) is 4.31 Å². The summed E-state index contributed by atoms with van der Waals surface area (Å²) in [5.41, 5.74) is 6.28. The first kappa shape index (κ1) is 15.7. The molecule has 2 unspecified atom stereocenters. The molecule has 1 saturated heterocycles. The molecule has 0 saturated carbocycles. The second-order valence-corrected chi connectivity index (χ2v) is 7.48. The summed E-state index contributed by atoms with van der Waals surface area (Å²) >= 11 is 6.05. The summed E-state index contributed by atoms with van der Waals surface area (Å²) in [5, 5.41) is 10.0. The van der Waals surface area contributed by atoms with Crippen LogP contribution in [0.5, 0.6) is 0 Å². The predicted octanol–water partition coefficient (Wildman–Crippen LogP) is 1.19. The summed E-state index contributed by atoms with van der Waals surface area (Å²) in [7, 11) is -3.67. The fourth-order valence-corrected chi connectivity index (χ4v) is 4.27. The number of aliphatic hydroxyl groups is 1. The van der Waals surface area contributed by atoms with Gasteiger partial charge in [0.05, 0.1) is 11.1 Å². The Hall–Kier alpha value is -0.660. The van der Waals surface area contributed by atoms with Crippen molar-refractivity contribution in [2.45, 2.75) is 30.9 Å². The minimum atomic E-state index is -3.67. The zero-order valence-corrected chi connectivity index (χ0v) is 12.9. The normalized spacial score (nSPS) is 24.8. The third kappa shape index (κ3) is 2.99. The molecule has 7 heteroatoms. The molecule has 0 radical (unpaired) electrons. The van der Waals surface area contributed by atoms with Crippen molar-refractivity contribution in [2.75, 3.05) is 13.1 Å². The van der Waals surface area contributed by atoms with Crippen LogP contribution in [0.25, 0.3) is 0 Å². The van der Waals surface area contributed by atoms with E-state index in [4.69, 9.17) is 17.3 Å². The smallest absolute Gasteiger partial charge is 0.244 e. The number of β-amino-alcohol motifs (C(OH)–C–C–N with tert-alkyl or cyclic N) is 1. The largest absolute Gasteiger partial charge is 0.391 e. The molecule has 2 atom stereocenters. The molecule has 2 rings (SSSR count). The quantitative estimate of drug-likeness (QED) is 0.877. The highest BCUT2D eigenvalue weighted by molar-refractivity contribution is 7.89. The molecular weight excluding hydrogens is 300 g/mol. The van der Waals surface area contributed by atoms with E-state index in [0.29, 0.717) is 19.5 Å². The Labute approximate surface area is 124 Å². The summed E-state index contributed by atoms with van der Waals surface area (Å²) in [6.07, 6.45) is -0.000522. The molecule has 0 bridgehead atoms. The fourth-order valence-electron chi connectivity index (χ4n) is 2.26. The van der Waals surface area contributed by atoms with Gasteiger partial charge in [-0.05, 0) is 30.0 Å². The zero-order valence-electron chi connectivity index (χ0n) is 11.3. The number of benzene rings is 1. The van der Waals surface area contributed by atoms with E-state index in [1.807, 2.05) is 6.92 Å². The lowest BCUT2D eigenvalue weighted by molar-refractivity contribution is 0.0605. The average Bonchev–Trinajstić information content (AvgIpc) is 2.41. The van der Waals surface area contributed by atoms with Crippen LogP contribution in [0.4, 0.5) is 0 Å². The Kier molecular flexibility index (Phi) is 4.71. The van der Waals surface area contributed by atoms with Gasteiger partial charge in [-0.3, -0.25) is 0 Å². The highest BCUT2D eigenvalue weighted by Gasteiger charge is 2.33. The Morgan fingerprint density at radius 3 is 2.75 bits per heavy atom. The average molecular weight is 319 g/mol. The van der Waals surface area contributed by atoms with E-state index < -0.39 is 16.1 Å². The monoisotopic (exact) mass is 318 g/mol. The van der Waals surface area contributed by atoms with Crippen LogP contribution >= 0.6 is 11.6 Å². The van der Waals surface area contributed by atoms with E-state index >= 15 is 0 Å². The third-order valence-corrected chi connectivity index (χ3v) is 6.08. The van der Waals surface area contributed by atoms with Crippen LogP contribution in [0.1, 0.15) is 18.9 Å². The Bertz CT molecular complexity index is 591. The summed E-state index contributed by atoms with van der Waals surface area (Å²) in [4.78, 5) is 0.0677. The number of hydrogen-bond donors (Lipinski definition) is 2. The molecule has 0 amide bonds. The molecule has 0 aromatic heterocycles. The number of nitrogens with zero attached hydrogens (tertiary/aromatic N) is 1. The summed E-state index contributed by atoms with van der Waals surface area (Å²) in [6, 6.07) is 4.70. The van der Waals surface area contributed by atoms with Gasteiger partial charge < -0.3 is 10.8 Å². The Balaban J connectivity index is 2.31. The number of rotatable bonds is 3. The number of nitrogens with two attached hydrogens (primary N) is 1. The third-order valence-electron chi connectivity index (χ3n) is 3.73. The SMILES string of the molecule is CC1CCN(S(=O)(=O)c2ccc(CN)cc2Cl)CC1O. The van der Waals surface area contributed by atoms with E-state index in [2.05, 4.69) is 0 Å². The summed E-state index contributed by atoms with van der Waals surface area (Å²) in [5.74, 6) is 0.108. The molecular formula is C13H19ClN2O3S. The van der Waals surface area contributed by atoms with Crippen LogP contribution in [-0.2, 0) is 16.6 Å². The van der Waals surface area contributed by atoms with E-state index in [9.17, 15) is 13.5 Å². The lowest BCUT2D eigenvalue weighted by Crippen LogP contribution is -2.45. The van der Waals surface area contributed by atoms with Crippen molar-refractivity contribution in [2.24, 2.45) is 11.7 Å². The second kappa shape index (κ2) is 5.99. The molecule has 1 aliphatic heterocycles. The molecule has 112 valence electrons. The van der Waals surface area contributed by atoms with Gasteiger partial charge in [-0.15, -0.1) is 0 Å². The van der Waals surface area contributed by atoms with Crippen LogP contribution in [0.3, 0.4) is 0 Å². The summed E-state index contributed by atoms with van der Waals surface area (Å²) in [6.45, 7) is 2.73. The van der Waals surface area contributed by atoms with Crippen LogP contribution in [0.2, 0.25) is 5.02 Å². The van der Waals surface area contributed by atoms with Crippen molar-refractivity contribution < 1.29 is 13.5 Å². The molecule has 3 N–H and O–H groups in total. The number of halogens is 1. The molecule has 1 aliphatic rings. The van der Waals surface area contributed by atoms with Crippen molar-refractivity contribution in [1.29, 1.82) is 0 Å². The summed E-state index contributed by atoms with van der Waals surface area (Å²) < 4.78 is 26.4. The second-order valence-electron chi connectivity index (χ2n) is 5.17. The molecule has 1 heterocycles. The fraction of sp³-hybridized carbons (Fsp3) is 0.538. The van der Waals surface area contributed by atoms with Gasteiger partial charge in [-0.2, -0.15) is 4.31 Å². The predicted molar refractivity (Wildman–Crippen MR) is 77.9 cm³/mol. The first-order valence-corrected chi connectivity index (χ1v) is 8.34. The van der Waals surface area contributed by atoms with E-state index in [0.717, 1.165) is 5.56 Å². The maximum absolute atomic E-state index is 12.6. The first-order valence-electron chi connectivity index (χ1n) is 6.53. The lowest BCUT2D eigenvalue weighted by Gasteiger charge is -2.33. The molecule has 0 spiro atoms. The molecule has 5 nitrogen and oxygen atoms in total. The van der Waals surface area contributed by atoms with Crippen molar-refractivity contribution >= 4 is 21.6 Å². The van der Waals surface area contributed by atoms with Gasteiger partial charge in [-0.1, -0.05) is 24.6 Å². The van der Waals surface area contributed by atoms with Crippen LogP contribution in [-0.4, -0.2) is 37.0 Å². The van der Waals surface area contributed by atoms with Crippen LogP contribution in [0, 0.1) is 5.92 Å². The molecule has 1 aromatic carbocycles. The number of piperidine rings is 1. The highest BCUT2D eigenvalue weighted by atomic mass is 35.5. The van der Waals surface area contributed by atoms with Crippen LogP contribution in [0.15, 0.2) is 23.1 Å². The van der Waals surface area contributed by atoms with E-state index in [1.165, 1.54) is 10.4 Å². The first-order chi connectivity index (χ1) is 9.36. The molecule has 20 heavy (non-hydrogen) atoms.